The van der Waals surface area contributed by atoms with Crippen LogP contribution in [0.15, 0.2) is 40.9 Å². The highest BCUT2D eigenvalue weighted by Gasteiger charge is 2.22. The van der Waals surface area contributed by atoms with Gasteiger partial charge in [-0.1, -0.05) is 6.08 Å². The standard InChI is InChI=1S/C19H25NO5/c1-7-15(17(21)24-8-2)16(20-18(22)25-19(3,4)5)13-9-11-14(23-6)12-10-13/h7,9-12H,8H2,1-6H3/b15-7+,20-16+. The summed E-state index contributed by atoms with van der Waals surface area (Å²) in [6.45, 7) is 8.85. The Morgan fingerprint density at radius 2 is 1.76 bits per heavy atom. The maximum atomic E-state index is 12.2. The Morgan fingerprint density at radius 1 is 1.16 bits per heavy atom. The van der Waals surface area contributed by atoms with Crippen molar-refractivity contribution in [3.63, 3.8) is 0 Å². The average molecular weight is 347 g/mol. The van der Waals surface area contributed by atoms with Gasteiger partial charge in [0.25, 0.3) is 0 Å². The van der Waals surface area contributed by atoms with Crippen LogP contribution in [0.1, 0.15) is 40.2 Å². The Morgan fingerprint density at radius 3 is 2.20 bits per heavy atom. The van der Waals surface area contributed by atoms with Gasteiger partial charge >= 0.3 is 12.1 Å². The van der Waals surface area contributed by atoms with Crippen LogP contribution in [0.4, 0.5) is 4.79 Å². The van der Waals surface area contributed by atoms with Crippen molar-refractivity contribution in [3.05, 3.63) is 41.5 Å². The molecule has 0 aliphatic carbocycles. The second-order valence-corrected chi connectivity index (χ2v) is 6.09. The molecule has 1 aromatic rings. The van der Waals surface area contributed by atoms with E-state index in [-0.39, 0.29) is 17.9 Å². The molecule has 25 heavy (non-hydrogen) atoms. The lowest BCUT2D eigenvalue weighted by atomic mass is 10.0. The van der Waals surface area contributed by atoms with Gasteiger partial charge in [0.05, 0.1) is 25.0 Å². The molecule has 0 heterocycles. The van der Waals surface area contributed by atoms with Crippen molar-refractivity contribution in [2.75, 3.05) is 13.7 Å². The first-order chi connectivity index (χ1) is 11.7. The van der Waals surface area contributed by atoms with Gasteiger partial charge in [-0.05, 0) is 58.9 Å². The number of hydrogen-bond donors (Lipinski definition) is 0. The number of allylic oxidation sites excluding steroid dienone is 1. The number of hydrogen-bond acceptors (Lipinski definition) is 5. The molecule has 0 aliphatic heterocycles. The van der Waals surface area contributed by atoms with Gasteiger partial charge in [0.15, 0.2) is 0 Å². The zero-order valence-corrected chi connectivity index (χ0v) is 15.6. The first kappa shape index (κ1) is 20.4. The van der Waals surface area contributed by atoms with Crippen LogP contribution in [-0.2, 0) is 14.3 Å². The maximum absolute atomic E-state index is 12.2. The van der Waals surface area contributed by atoms with E-state index < -0.39 is 17.7 Å². The van der Waals surface area contributed by atoms with Crippen LogP contribution < -0.4 is 4.74 Å². The summed E-state index contributed by atoms with van der Waals surface area (Å²) in [5.74, 6) is 0.0988. The molecule has 0 aromatic heterocycles. The number of amides is 1. The van der Waals surface area contributed by atoms with E-state index in [2.05, 4.69) is 4.99 Å². The molecule has 0 unspecified atom stereocenters. The number of nitrogens with zero attached hydrogens (tertiary/aromatic N) is 1. The summed E-state index contributed by atoms with van der Waals surface area (Å²) in [5, 5.41) is 0. The molecule has 6 nitrogen and oxygen atoms in total. The molecule has 1 aromatic carbocycles. The van der Waals surface area contributed by atoms with Gasteiger partial charge in [0.1, 0.15) is 11.4 Å². The minimum Gasteiger partial charge on any atom is -0.497 e. The lowest BCUT2D eigenvalue weighted by molar-refractivity contribution is -0.137. The highest BCUT2D eigenvalue weighted by molar-refractivity contribution is 6.28. The molecule has 0 spiro atoms. The van der Waals surface area contributed by atoms with Crippen molar-refractivity contribution in [2.24, 2.45) is 4.99 Å². The maximum Gasteiger partial charge on any atom is 0.434 e. The van der Waals surface area contributed by atoms with E-state index in [4.69, 9.17) is 14.2 Å². The monoisotopic (exact) mass is 347 g/mol. The van der Waals surface area contributed by atoms with Gasteiger partial charge in [-0.15, -0.1) is 0 Å². The molecule has 1 amide bonds. The number of benzene rings is 1. The number of carbonyl (C=O) groups excluding carboxylic acids is 2. The first-order valence-corrected chi connectivity index (χ1v) is 8.01. The van der Waals surface area contributed by atoms with Crippen LogP contribution in [0.2, 0.25) is 0 Å². The largest absolute Gasteiger partial charge is 0.497 e. The van der Waals surface area contributed by atoms with Crippen LogP contribution in [0.5, 0.6) is 5.75 Å². The third-order valence-electron chi connectivity index (χ3n) is 3.00. The molecule has 0 N–H and O–H groups in total. The minimum atomic E-state index is -0.776. The van der Waals surface area contributed by atoms with Crippen molar-refractivity contribution in [1.29, 1.82) is 0 Å². The molecule has 0 bridgehead atoms. The third kappa shape index (κ3) is 6.41. The summed E-state index contributed by atoms with van der Waals surface area (Å²) in [4.78, 5) is 28.4. The summed E-state index contributed by atoms with van der Waals surface area (Å²) in [5.41, 5.74) is 0.273. The van der Waals surface area contributed by atoms with Crippen LogP contribution in [0.3, 0.4) is 0 Å². The Bertz CT molecular complexity index is 666. The Labute approximate surface area is 148 Å². The smallest absolute Gasteiger partial charge is 0.434 e. The Balaban J connectivity index is 3.34. The third-order valence-corrected chi connectivity index (χ3v) is 3.00. The van der Waals surface area contributed by atoms with Crippen molar-refractivity contribution in [3.8, 4) is 5.75 Å². The van der Waals surface area contributed by atoms with Crippen LogP contribution in [-0.4, -0.2) is 37.1 Å². The number of ether oxygens (including phenoxy) is 3. The van der Waals surface area contributed by atoms with E-state index in [0.717, 1.165) is 0 Å². The lowest BCUT2D eigenvalue weighted by Gasteiger charge is -2.18. The average Bonchev–Trinajstić information content (AvgIpc) is 2.53. The number of rotatable bonds is 5. The summed E-state index contributed by atoms with van der Waals surface area (Å²) in [6.07, 6.45) is 0.785. The zero-order chi connectivity index (χ0) is 19.0. The number of esters is 1. The lowest BCUT2D eigenvalue weighted by Crippen LogP contribution is -2.24. The molecule has 0 aliphatic rings. The molecular weight excluding hydrogens is 322 g/mol. The van der Waals surface area contributed by atoms with Gasteiger partial charge in [-0.25, -0.2) is 9.59 Å². The fourth-order valence-corrected chi connectivity index (χ4v) is 1.97. The normalized spacial score (nSPS) is 12.6. The van der Waals surface area contributed by atoms with Crippen molar-refractivity contribution >= 4 is 17.8 Å². The van der Waals surface area contributed by atoms with Gasteiger partial charge in [-0.2, -0.15) is 4.99 Å². The van der Waals surface area contributed by atoms with Crippen molar-refractivity contribution in [1.82, 2.24) is 0 Å². The van der Waals surface area contributed by atoms with Crippen LogP contribution in [0.25, 0.3) is 0 Å². The SMILES string of the molecule is C/C=C(C(=O)OCC)\C(=N\C(=O)OC(C)(C)C)c1ccc(OC)cc1. The van der Waals surface area contributed by atoms with Crippen LogP contribution >= 0.6 is 0 Å². The fourth-order valence-electron chi connectivity index (χ4n) is 1.97. The molecule has 0 saturated heterocycles. The van der Waals surface area contributed by atoms with Gasteiger partial charge in [-0.3, -0.25) is 0 Å². The topological polar surface area (TPSA) is 74.2 Å². The second-order valence-electron chi connectivity index (χ2n) is 6.09. The summed E-state index contributed by atoms with van der Waals surface area (Å²) in [7, 11) is 1.56. The zero-order valence-electron chi connectivity index (χ0n) is 15.6. The van der Waals surface area contributed by atoms with Crippen LogP contribution in [0, 0.1) is 0 Å². The van der Waals surface area contributed by atoms with E-state index in [1.165, 1.54) is 0 Å². The summed E-state index contributed by atoms with van der Waals surface area (Å²) >= 11 is 0. The second kappa shape index (κ2) is 9.01. The quantitative estimate of drug-likeness (QED) is 0.458. The highest BCUT2D eigenvalue weighted by Crippen LogP contribution is 2.18. The number of carbonyl (C=O) groups is 2. The van der Waals surface area contributed by atoms with E-state index in [1.807, 2.05) is 0 Å². The van der Waals surface area contributed by atoms with E-state index in [1.54, 1.807) is 72.1 Å². The van der Waals surface area contributed by atoms with Gasteiger partial charge in [0, 0.05) is 5.56 Å². The summed E-state index contributed by atoms with van der Waals surface area (Å²) < 4.78 is 15.4. The van der Waals surface area contributed by atoms with E-state index in [0.29, 0.717) is 11.3 Å². The summed E-state index contributed by atoms with van der Waals surface area (Å²) in [6, 6.07) is 6.87. The Kier molecular flexibility index (Phi) is 7.36. The predicted octanol–water partition coefficient (Wildman–Crippen LogP) is 3.93. The first-order valence-electron chi connectivity index (χ1n) is 8.01. The molecule has 0 radical (unpaired) electrons. The molecule has 1 rings (SSSR count). The number of aliphatic imine (C=N–C) groups is 1. The fraction of sp³-hybridized carbons (Fsp3) is 0.421. The Hall–Kier alpha value is -2.63. The minimum absolute atomic E-state index is 0.192. The molecule has 0 saturated carbocycles. The van der Waals surface area contributed by atoms with E-state index >= 15 is 0 Å². The molecule has 6 heteroatoms. The predicted molar refractivity (Wildman–Crippen MR) is 96.2 cm³/mol. The van der Waals surface area contributed by atoms with Crippen molar-refractivity contribution < 1.29 is 23.8 Å². The van der Waals surface area contributed by atoms with Gasteiger partial charge in [0.2, 0.25) is 0 Å². The molecule has 0 atom stereocenters. The highest BCUT2D eigenvalue weighted by atomic mass is 16.6. The molecular formula is C19H25NO5. The number of methoxy groups -OCH3 is 1. The van der Waals surface area contributed by atoms with Crippen molar-refractivity contribution in [2.45, 2.75) is 40.2 Å². The molecule has 0 fully saturated rings. The molecule has 136 valence electrons. The van der Waals surface area contributed by atoms with E-state index in [9.17, 15) is 9.59 Å². The van der Waals surface area contributed by atoms with Gasteiger partial charge < -0.3 is 14.2 Å².